The van der Waals surface area contributed by atoms with Crippen molar-refractivity contribution in [2.75, 3.05) is 0 Å². The van der Waals surface area contributed by atoms with Crippen LogP contribution in [0.4, 0.5) is 0 Å². The monoisotopic (exact) mass is 728 g/mol. The van der Waals surface area contributed by atoms with E-state index in [0.717, 1.165) is 17.1 Å². The molecule has 0 saturated carbocycles. The summed E-state index contributed by atoms with van der Waals surface area (Å²) in [5, 5.41) is 0. The molecule has 0 aliphatic rings. The van der Waals surface area contributed by atoms with Gasteiger partial charge in [-0.3, -0.25) is 24.9 Å². The third kappa shape index (κ3) is 22.0. The van der Waals surface area contributed by atoms with Crippen molar-refractivity contribution in [2.24, 2.45) is 0 Å². The molecule has 5 heterocycles. The Morgan fingerprint density at radius 3 is 1.04 bits per heavy atom. The van der Waals surface area contributed by atoms with Gasteiger partial charge in [0.2, 0.25) is 0 Å². The van der Waals surface area contributed by atoms with Crippen molar-refractivity contribution < 1.29 is 0 Å². The molecule has 6 aromatic rings. The minimum Gasteiger partial charge on any atom is -0.264 e. The first kappa shape index (κ1) is 46.9. The van der Waals surface area contributed by atoms with E-state index in [1.165, 1.54) is 16.7 Å². The molecule has 1 aromatic carbocycles. The van der Waals surface area contributed by atoms with E-state index in [-0.39, 0.29) is 0 Å². The van der Waals surface area contributed by atoms with E-state index >= 15 is 0 Å². The topological polar surface area (TPSA) is 90.2 Å². The first-order chi connectivity index (χ1) is 25.8. The van der Waals surface area contributed by atoms with Crippen LogP contribution in [0.5, 0.6) is 0 Å². The maximum Gasteiger partial charge on any atom is 0.115 e. The second kappa shape index (κ2) is 28.3. The van der Waals surface area contributed by atoms with Crippen LogP contribution in [0.2, 0.25) is 0 Å². The van der Waals surface area contributed by atoms with Crippen LogP contribution < -0.4 is 0 Å². The van der Waals surface area contributed by atoms with Gasteiger partial charge >= 0.3 is 0 Å². The first-order valence-electron chi connectivity index (χ1n) is 19.1. The Kier molecular flexibility index (Phi) is 24.6. The van der Waals surface area contributed by atoms with Gasteiger partial charge in [-0.15, -0.1) is 0 Å². The number of nitrogens with zero attached hydrogens (tertiary/aromatic N) is 7. The largest absolute Gasteiger partial charge is 0.264 e. The van der Waals surface area contributed by atoms with E-state index in [4.69, 9.17) is 0 Å². The zero-order chi connectivity index (χ0) is 40.1. The second-order valence-corrected chi connectivity index (χ2v) is 14.4. The average molecular weight is 728 g/mol. The van der Waals surface area contributed by atoms with Crippen LogP contribution >= 0.6 is 0 Å². The summed E-state index contributed by atoms with van der Waals surface area (Å²) in [7, 11) is 0. The van der Waals surface area contributed by atoms with Crippen LogP contribution in [-0.2, 0) is 0 Å². The normalized spacial score (nSPS) is 10.1. The van der Waals surface area contributed by atoms with Gasteiger partial charge in [-0.2, -0.15) is 0 Å². The number of hydrogen-bond acceptors (Lipinski definition) is 7. The summed E-state index contributed by atoms with van der Waals surface area (Å²) in [6.45, 7) is 25.8. The maximum absolute atomic E-state index is 4.18. The molecular formula is C47H65N7. The minimum absolute atomic E-state index is 0.485. The van der Waals surface area contributed by atoms with E-state index in [2.05, 4.69) is 154 Å². The van der Waals surface area contributed by atoms with Crippen LogP contribution in [0.1, 0.15) is 152 Å². The van der Waals surface area contributed by atoms with E-state index in [0.29, 0.717) is 35.5 Å². The Bertz CT molecular complexity index is 1340. The van der Waals surface area contributed by atoms with Crippen molar-refractivity contribution in [3.63, 3.8) is 0 Å². The summed E-state index contributed by atoms with van der Waals surface area (Å²) in [5.74, 6) is 3.39. The third-order valence-electron chi connectivity index (χ3n) is 7.82. The smallest absolute Gasteiger partial charge is 0.115 e. The molecule has 5 aromatic heterocycles. The first-order valence-corrected chi connectivity index (χ1v) is 19.1. The summed E-state index contributed by atoms with van der Waals surface area (Å²) in [5.41, 5.74) is 7.34. The number of aromatic nitrogens is 7. The molecule has 0 bridgehead atoms. The molecule has 0 aliphatic carbocycles. The van der Waals surface area contributed by atoms with E-state index in [9.17, 15) is 0 Å². The van der Waals surface area contributed by atoms with Crippen LogP contribution in [-0.4, -0.2) is 34.9 Å². The standard InChI is InChI=1S/C9H12.3C8H11N.2C7H10N2/c1-8(2)9-6-4-3-5-7-9;2*1-7(2)8-4-3-5-9-6-8;1-7(2)8-5-3-4-6-9-8;1-6(2)7-5-8-3-4-9-7;1-6(2)7-3-4-8-5-9-7/h3-8H,1-2H3;3*3-7H,1-2H3;2*3-6H,1-2H3. The molecule has 0 spiro atoms. The lowest BCUT2D eigenvalue weighted by molar-refractivity contribution is 0.812. The summed E-state index contributed by atoms with van der Waals surface area (Å²) >= 11 is 0. The SMILES string of the molecule is CC(C)c1ccccc1.CC(C)c1ccccn1.CC(C)c1cccnc1.CC(C)c1cccnc1.CC(C)c1ccncn1.CC(C)c1cnccn1. The number of benzene rings is 1. The molecule has 0 unspecified atom stereocenters. The Morgan fingerprint density at radius 2 is 0.759 bits per heavy atom. The van der Waals surface area contributed by atoms with Gasteiger partial charge in [-0.05, 0) is 82.5 Å². The number of hydrogen-bond donors (Lipinski definition) is 0. The average Bonchev–Trinajstić information content (AvgIpc) is 3.21. The summed E-state index contributed by atoms with van der Waals surface area (Å²) in [4.78, 5) is 28.1. The molecule has 0 saturated heterocycles. The van der Waals surface area contributed by atoms with Gasteiger partial charge in [0.25, 0.3) is 0 Å². The van der Waals surface area contributed by atoms with Crippen LogP contribution in [0.25, 0.3) is 0 Å². The van der Waals surface area contributed by atoms with Gasteiger partial charge < -0.3 is 0 Å². The fourth-order valence-electron chi connectivity index (χ4n) is 4.24. The highest BCUT2D eigenvalue weighted by Crippen LogP contribution is 2.13. The molecule has 54 heavy (non-hydrogen) atoms. The molecule has 7 heteroatoms. The number of rotatable bonds is 6. The van der Waals surface area contributed by atoms with Crippen molar-refractivity contribution in [1.82, 2.24) is 34.9 Å². The maximum atomic E-state index is 4.18. The molecule has 0 amide bonds. The van der Waals surface area contributed by atoms with Crippen LogP contribution in [0.3, 0.4) is 0 Å². The van der Waals surface area contributed by atoms with Gasteiger partial charge in [0.15, 0.2) is 0 Å². The van der Waals surface area contributed by atoms with Crippen molar-refractivity contribution in [1.29, 1.82) is 0 Å². The van der Waals surface area contributed by atoms with Crippen molar-refractivity contribution in [3.05, 3.63) is 175 Å². The molecule has 0 atom stereocenters. The Morgan fingerprint density at radius 1 is 0.296 bits per heavy atom. The van der Waals surface area contributed by atoms with Gasteiger partial charge in [0.1, 0.15) is 6.33 Å². The fourth-order valence-corrected chi connectivity index (χ4v) is 4.24. The lowest BCUT2D eigenvalue weighted by atomic mass is 10.0. The van der Waals surface area contributed by atoms with E-state index in [1.54, 1.807) is 43.5 Å². The molecule has 6 rings (SSSR count). The molecular weight excluding hydrogens is 663 g/mol. The molecule has 0 radical (unpaired) electrons. The van der Waals surface area contributed by atoms with Gasteiger partial charge in [-0.1, -0.05) is 132 Å². The second-order valence-electron chi connectivity index (χ2n) is 14.4. The van der Waals surface area contributed by atoms with Gasteiger partial charge in [0.05, 0.1) is 5.69 Å². The van der Waals surface area contributed by atoms with Gasteiger partial charge in [0, 0.05) is 67.2 Å². The predicted molar refractivity (Wildman–Crippen MR) is 228 cm³/mol. The molecule has 288 valence electrons. The van der Waals surface area contributed by atoms with Crippen molar-refractivity contribution >= 4 is 0 Å². The highest BCUT2D eigenvalue weighted by atomic mass is 14.8. The highest BCUT2D eigenvalue weighted by Gasteiger charge is 1.98. The Hall–Kier alpha value is -5.17. The van der Waals surface area contributed by atoms with Gasteiger partial charge in [-0.25, -0.2) is 9.97 Å². The highest BCUT2D eigenvalue weighted by molar-refractivity contribution is 5.17. The fraction of sp³-hybridized carbons (Fsp3) is 0.383. The van der Waals surface area contributed by atoms with Crippen LogP contribution in [0, 0.1) is 0 Å². The molecule has 7 nitrogen and oxygen atoms in total. The summed E-state index contributed by atoms with van der Waals surface area (Å²) in [6, 6.07) is 26.6. The zero-order valence-electron chi connectivity index (χ0n) is 34.9. The third-order valence-corrected chi connectivity index (χ3v) is 7.82. The van der Waals surface area contributed by atoms with E-state index in [1.807, 2.05) is 61.1 Å². The zero-order valence-corrected chi connectivity index (χ0v) is 34.9. The van der Waals surface area contributed by atoms with Crippen molar-refractivity contribution in [2.45, 2.75) is 119 Å². The van der Waals surface area contributed by atoms with Crippen molar-refractivity contribution in [3.8, 4) is 0 Å². The minimum atomic E-state index is 0.485. The van der Waals surface area contributed by atoms with Crippen LogP contribution in [0.15, 0.2) is 141 Å². The summed E-state index contributed by atoms with van der Waals surface area (Å²) in [6.07, 6.45) is 17.8. The molecule has 0 fully saturated rings. The predicted octanol–water partition coefficient (Wildman–Crippen LogP) is 12.6. The van der Waals surface area contributed by atoms with E-state index < -0.39 is 0 Å². The lowest BCUT2D eigenvalue weighted by Gasteiger charge is -2.01. The summed E-state index contributed by atoms with van der Waals surface area (Å²) < 4.78 is 0. The number of pyridine rings is 3. The lowest BCUT2D eigenvalue weighted by Crippen LogP contribution is -1.91. The Balaban J connectivity index is 0.000000324. The molecule has 0 aliphatic heterocycles. The Labute approximate surface area is 327 Å². The quantitative estimate of drug-likeness (QED) is 0.169. The molecule has 0 N–H and O–H groups in total.